The Labute approximate surface area is 170 Å². The van der Waals surface area contributed by atoms with E-state index in [4.69, 9.17) is 9.31 Å². The van der Waals surface area contributed by atoms with Crippen molar-refractivity contribution in [3.63, 3.8) is 0 Å². The number of hydrogen-bond acceptors (Lipinski definition) is 4. The third-order valence-electron chi connectivity index (χ3n) is 4.78. The molecule has 10 radical (unpaired) electrons. The molecule has 0 N–H and O–H groups in total. The first kappa shape index (κ1) is 23.9. The minimum absolute atomic E-state index is 0. The van der Waals surface area contributed by atoms with E-state index in [1.165, 1.54) is 0 Å². The van der Waals surface area contributed by atoms with Gasteiger partial charge in [0.15, 0.2) is 0 Å². The summed E-state index contributed by atoms with van der Waals surface area (Å²) < 4.78 is 11.8. The number of Topliss-reactive ketones (excluding diaryl/α,β-unsaturated/α-hetero) is 2. The Bertz CT molecular complexity index is 484. The van der Waals surface area contributed by atoms with Gasteiger partial charge in [-0.3, -0.25) is 9.59 Å². The third kappa shape index (κ3) is 5.67. The van der Waals surface area contributed by atoms with Gasteiger partial charge in [-0.05, 0) is 86.5 Å². The summed E-state index contributed by atoms with van der Waals surface area (Å²) in [6, 6.07) is 0. The largest absolute Gasteiger partial charge is 2.00 e. The molecule has 0 unspecified atom stereocenters. The third-order valence-corrected chi connectivity index (χ3v) is 4.78. The van der Waals surface area contributed by atoms with Gasteiger partial charge in [-0.25, -0.2) is 0 Å². The number of hydrogen-bond donors (Lipinski definition) is 0. The molecule has 0 aromatic rings. The molecule has 6 heteroatoms. The maximum atomic E-state index is 11.2. The van der Waals surface area contributed by atoms with Crippen molar-refractivity contribution >= 4 is 18.7 Å². The van der Waals surface area contributed by atoms with Gasteiger partial charge in [0, 0.05) is 17.7 Å². The van der Waals surface area contributed by atoms with Gasteiger partial charge in [0.1, 0.15) is 11.6 Å². The zero-order valence-corrected chi connectivity index (χ0v) is 17.2. The average molecular weight is 396 g/mol. The van der Waals surface area contributed by atoms with E-state index in [1.807, 2.05) is 72.6 Å². The van der Waals surface area contributed by atoms with Crippen LogP contribution in [0.15, 0.2) is 0 Å². The molecule has 1 saturated heterocycles. The molecule has 3 aliphatic rings. The van der Waals surface area contributed by atoms with E-state index < -0.39 is 0 Å². The fraction of sp³-hybridized carbons (Fsp3) is 0.400. The Balaban J connectivity index is 0.000000318. The Kier molecular flexibility index (Phi) is 8.60. The maximum absolute atomic E-state index is 11.2. The van der Waals surface area contributed by atoms with Gasteiger partial charge in [0.25, 0.3) is 0 Å². The Morgan fingerprint density at radius 1 is 0.808 bits per heavy atom. The van der Waals surface area contributed by atoms with E-state index in [0.29, 0.717) is 5.92 Å². The normalized spacial score (nSPS) is 25.5. The second kappa shape index (κ2) is 9.36. The summed E-state index contributed by atoms with van der Waals surface area (Å²) in [5, 5.41) is 0. The van der Waals surface area contributed by atoms with Crippen LogP contribution >= 0.6 is 0 Å². The van der Waals surface area contributed by atoms with Gasteiger partial charge in [-0.15, -0.1) is 0 Å². The molecule has 2 saturated carbocycles. The molecule has 2 aliphatic carbocycles. The first-order chi connectivity index (χ1) is 11.5. The summed E-state index contributed by atoms with van der Waals surface area (Å²) in [7, 11) is -0.381. The van der Waals surface area contributed by atoms with Crippen molar-refractivity contribution in [2.24, 2.45) is 0 Å². The van der Waals surface area contributed by atoms with Crippen molar-refractivity contribution in [1.82, 2.24) is 0 Å². The summed E-state index contributed by atoms with van der Waals surface area (Å²) >= 11 is 0. The predicted octanol–water partition coefficient (Wildman–Crippen LogP) is 2.96. The topological polar surface area (TPSA) is 52.6 Å². The quantitative estimate of drug-likeness (QED) is 0.689. The van der Waals surface area contributed by atoms with Crippen molar-refractivity contribution in [3.05, 3.63) is 62.6 Å². The summed E-state index contributed by atoms with van der Waals surface area (Å²) in [6.07, 6.45) is 12.9. The summed E-state index contributed by atoms with van der Waals surface area (Å²) in [5.74, 6) is 2.61. The Morgan fingerprint density at radius 2 is 1.27 bits per heavy atom. The molecular weight excluding hydrogens is 371 g/mol. The molecule has 0 bridgehead atoms. The number of ketones is 2. The minimum Gasteiger partial charge on any atom is -0.403 e. The molecule has 0 aromatic heterocycles. The van der Waals surface area contributed by atoms with Crippen LogP contribution in [-0.2, 0) is 36.0 Å². The van der Waals surface area contributed by atoms with Crippen LogP contribution in [0.4, 0.5) is 0 Å². The van der Waals surface area contributed by atoms with E-state index >= 15 is 0 Å². The molecule has 26 heavy (non-hydrogen) atoms. The van der Waals surface area contributed by atoms with Gasteiger partial charge in [-0.1, -0.05) is 0 Å². The Hall–Kier alpha value is -0.156. The number of carbonyl (C=O) groups is 2. The molecule has 0 aromatic carbocycles. The van der Waals surface area contributed by atoms with Crippen LogP contribution in [0, 0.1) is 62.6 Å². The van der Waals surface area contributed by atoms with Crippen LogP contribution in [0.3, 0.4) is 0 Å². The van der Waals surface area contributed by atoms with Crippen LogP contribution in [0.2, 0.25) is 0 Å². The fourth-order valence-electron chi connectivity index (χ4n) is 2.42. The van der Waals surface area contributed by atoms with Crippen molar-refractivity contribution < 1.29 is 36.0 Å². The van der Waals surface area contributed by atoms with E-state index in [2.05, 4.69) is 0 Å². The fourth-order valence-corrected chi connectivity index (χ4v) is 2.42. The molecule has 1 aliphatic heterocycles. The molecule has 0 spiro atoms. The zero-order valence-electron chi connectivity index (χ0n) is 16.1. The van der Waals surface area contributed by atoms with Crippen LogP contribution in [0.25, 0.3) is 0 Å². The first-order valence-electron chi connectivity index (χ1n) is 8.39. The van der Waals surface area contributed by atoms with E-state index in [9.17, 15) is 9.59 Å². The molecule has 0 amide bonds. The SMILES string of the molecule is CC(=O)[C]1[CH][CH][CH][CH]1.CC(=O)[C]1[CH][CH][C](B2OC(C)(C)C(C)(C)O2)[CH]1.[Fe+2]. The molecular formula is C20H25BFeO4+2. The predicted molar refractivity (Wildman–Crippen MR) is 97.3 cm³/mol. The van der Waals surface area contributed by atoms with Crippen LogP contribution in [0.5, 0.6) is 0 Å². The Morgan fingerprint density at radius 3 is 1.62 bits per heavy atom. The van der Waals surface area contributed by atoms with Crippen LogP contribution in [-0.4, -0.2) is 29.9 Å². The van der Waals surface area contributed by atoms with Gasteiger partial charge in [-0.2, -0.15) is 0 Å². The van der Waals surface area contributed by atoms with Crippen molar-refractivity contribution in [2.45, 2.75) is 52.7 Å². The monoisotopic (exact) mass is 396 g/mol. The van der Waals surface area contributed by atoms with E-state index in [1.54, 1.807) is 13.8 Å². The molecule has 1 heterocycles. The van der Waals surface area contributed by atoms with Crippen molar-refractivity contribution in [2.75, 3.05) is 0 Å². The first-order valence-corrected chi connectivity index (χ1v) is 8.39. The van der Waals surface area contributed by atoms with Gasteiger partial charge in [0.05, 0.1) is 11.2 Å². The molecule has 3 rings (SSSR count). The summed E-state index contributed by atoms with van der Waals surface area (Å²) in [4.78, 5) is 21.8. The zero-order chi connectivity index (χ0) is 18.8. The van der Waals surface area contributed by atoms with Crippen LogP contribution in [0.1, 0.15) is 41.5 Å². The van der Waals surface area contributed by atoms with Crippen LogP contribution < -0.4 is 0 Å². The van der Waals surface area contributed by atoms with Gasteiger partial charge in [0.2, 0.25) is 0 Å². The molecule has 4 nitrogen and oxygen atoms in total. The maximum Gasteiger partial charge on any atom is 2.00 e. The minimum atomic E-state index is -0.381. The van der Waals surface area contributed by atoms with Crippen molar-refractivity contribution in [1.29, 1.82) is 0 Å². The van der Waals surface area contributed by atoms with Gasteiger partial charge < -0.3 is 9.31 Å². The number of carbonyl (C=O) groups excluding carboxylic acids is 2. The van der Waals surface area contributed by atoms with Crippen molar-refractivity contribution in [3.8, 4) is 0 Å². The average Bonchev–Trinajstić information content (AvgIpc) is 3.21. The molecule has 138 valence electrons. The van der Waals surface area contributed by atoms with Gasteiger partial charge >= 0.3 is 24.2 Å². The van der Waals surface area contributed by atoms with E-state index in [0.717, 1.165) is 11.7 Å². The second-order valence-corrected chi connectivity index (χ2v) is 7.31. The molecule has 3 fully saturated rings. The standard InChI is InChI=1S/C13H18BO3.C7H7O.Fe/c1-9(15)10-6-7-11(8-10)14-16-12(2,3)13(4,5)17-14;1-6(8)7-4-2-3-5-7;/h6-8H,1-5H3;2-5H,1H3;/q;;+2. The second-order valence-electron chi connectivity index (χ2n) is 7.31. The summed E-state index contributed by atoms with van der Waals surface area (Å²) in [6.45, 7) is 11.2. The smallest absolute Gasteiger partial charge is 0.403 e. The van der Waals surface area contributed by atoms with E-state index in [-0.39, 0.29) is 47.0 Å². The summed E-state index contributed by atoms with van der Waals surface area (Å²) in [5.41, 5.74) is -0.684. The number of rotatable bonds is 3. The molecule has 0 atom stereocenters.